The zero-order valence-corrected chi connectivity index (χ0v) is 7.44. The molecule has 0 bridgehead atoms. The maximum atomic E-state index is 9.35. The second-order valence-electron chi connectivity index (χ2n) is 2.74. The van der Waals surface area contributed by atoms with Crippen LogP contribution in [-0.2, 0) is 4.74 Å². The van der Waals surface area contributed by atoms with E-state index in [-0.39, 0.29) is 12.2 Å². The van der Waals surface area contributed by atoms with Crippen molar-refractivity contribution in [2.75, 3.05) is 6.16 Å². The minimum Gasteiger partial charge on any atom is -0.390 e. The lowest BCUT2D eigenvalue weighted by Gasteiger charge is -2.10. The van der Waals surface area contributed by atoms with Crippen LogP contribution in [0.25, 0.3) is 0 Å². The molecule has 1 N–H and O–H groups in total. The zero-order chi connectivity index (χ0) is 7.56. The van der Waals surface area contributed by atoms with Crippen molar-refractivity contribution in [1.82, 2.24) is 0 Å². The van der Waals surface area contributed by atoms with Gasteiger partial charge in [0.15, 0.2) is 7.28 Å². The first kappa shape index (κ1) is 8.51. The molecule has 0 aromatic heterocycles. The van der Waals surface area contributed by atoms with E-state index in [2.05, 4.69) is 16.1 Å². The van der Waals surface area contributed by atoms with Gasteiger partial charge in [-0.1, -0.05) is 6.82 Å². The topological polar surface area (TPSA) is 29.5 Å². The van der Waals surface area contributed by atoms with Crippen LogP contribution >= 0.6 is 9.24 Å². The van der Waals surface area contributed by atoms with Crippen LogP contribution in [0.4, 0.5) is 0 Å². The highest BCUT2D eigenvalue weighted by molar-refractivity contribution is 7.16. The van der Waals surface area contributed by atoms with Crippen LogP contribution in [0, 0.1) is 0 Å². The standard InChI is InChI=1S/C6H14BO2P/c1-7-6-2-4(8)5(3-10)9-6/h4-8H,2-3,10H2,1H3/t4?,5-,6-/m1/s1. The van der Waals surface area contributed by atoms with Gasteiger partial charge in [0.2, 0.25) is 0 Å². The Kier molecular flexibility index (Phi) is 3.15. The molecule has 0 saturated carbocycles. The first-order chi connectivity index (χ1) is 4.77. The first-order valence-electron chi connectivity index (χ1n) is 3.81. The van der Waals surface area contributed by atoms with Gasteiger partial charge in [-0.25, -0.2) is 0 Å². The monoisotopic (exact) mass is 160 g/mol. The Labute approximate surface area is 64.8 Å². The lowest BCUT2D eigenvalue weighted by Crippen LogP contribution is -2.22. The minimum absolute atomic E-state index is 0.0648. The predicted octanol–water partition coefficient (Wildman–Crippen LogP) is -0.178. The highest BCUT2D eigenvalue weighted by Crippen LogP contribution is 2.20. The normalized spacial score (nSPS) is 40.1. The number of ether oxygens (including phenoxy) is 1. The van der Waals surface area contributed by atoms with Crippen molar-refractivity contribution in [3.63, 3.8) is 0 Å². The van der Waals surface area contributed by atoms with E-state index in [0.717, 1.165) is 19.9 Å². The van der Waals surface area contributed by atoms with Gasteiger partial charge in [0.05, 0.1) is 12.2 Å². The van der Waals surface area contributed by atoms with Crippen LogP contribution in [0.1, 0.15) is 6.42 Å². The molecule has 1 saturated heterocycles. The summed E-state index contributed by atoms with van der Waals surface area (Å²) in [4.78, 5) is 0. The largest absolute Gasteiger partial charge is 0.390 e. The fraction of sp³-hybridized carbons (Fsp3) is 1.00. The highest BCUT2D eigenvalue weighted by atomic mass is 31.0. The molecule has 1 fully saturated rings. The molecule has 2 nitrogen and oxygen atoms in total. The van der Waals surface area contributed by atoms with E-state index in [1.165, 1.54) is 0 Å². The van der Waals surface area contributed by atoms with Gasteiger partial charge in [-0.3, -0.25) is 0 Å². The van der Waals surface area contributed by atoms with Gasteiger partial charge in [-0.2, -0.15) is 0 Å². The summed E-state index contributed by atoms with van der Waals surface area (Å²) in [6.45, 7) is 2.09. The maximum absolute atomic E-state index is 9.35. The molecule has 1 rings (SSSR count). The summed E-state index contributed by atoms with van der Waals surface area (Å²) in [5, 5.41) is 9.35. The van der Waals surface area contributed by atoms with E-state index in [1.807, 2.05) is 0 Å². The molecular weight excluding hydrogens is 146 g/mol. The van der Waals surface area contributed by atoms with Crippen LogP contribution < -0.4 is 0 Å². The maximum Gasteiger partial charge on any atom is 0.154 e. The number of hydrogen-bond donors (Lipinski definition) is 1. The first-order valence-corrected chi connectivity index (χ1v) is 4.63. The van der Waals surface area contributed by atoms with Crippen molar-refractivity contribution in [3.05, 3.63) is 0 Å². The third kappa shape index (κ3) is 1.72. The van der Waals surface area contributed by atoms with Crippen molar-refractivity contribution in [3.8, 4) is 0 Å². The molecule has 1 aliphatic heterocycles. The average molecular weight is 160 g/mol. The summed E-state index contributed by atoms with van der Waals surface area (Å²) in [5.41, 5.74) is 0. The Hall–Kier alpha value is 0.415. The molecule has 4 heteroatoms. The van der Waals surface area contributed by atoms with Crippen molar-refractivity contribution in [2.45, 2.75) is 31.5 Å². The molecule has 0 aliphatic carbocycles. The summed E-state index contributed by atoms with van der Waals surface area (Å²) >= 11 is 0. The van der Waals surface area contributed by atoms with Crippen LogP contribution in [0.5, 0.6) is 0 Å². The summed E-state index contributed by atoms with van der Waals surface area (Å²) in [7, 11) is 3.61. The minimum atomic E-state index is -0.234. The van der Waals surface area contributed by atoms with E-state index in [4.69, 9.17) is 4.74 Å². The van der Waals surface area contributed by atoms with Crippen LogP contribution in [-0.4, -0.2) is 36.8 Å². The third-order valence-corrected chi connectivity index (χ3v) is 2.45. The average Bonchev–Trinajstić information content (AvgIpc) is 2.30. The van der Waals surface area contributed by atoms with Gasteiger partial charge >= 0.3 is 0 Å². The molecule has 2 unspecified atom stereocenters. The zero-order valence-electron chi connectivity index (χ0n) is 6.29. The predicted molar refractivity (Wildman–Crippen MR) is 46.9 cm³/mol. The summed E-state index contributed by atoms with van der Waals surface area (Å²) < 4.78 is 5.50. The fourth-order valence-corrected chi connectivity index (χ4v) is 1.72. The Morgan fingerprint density at radius 3 is 2.80 bits per heavy atom. The van der Waals surface area contributed by atoms with Crippen molar-refractivity contribution < 1.29 is 9.84 Å². The lowest BCUT2D eigenvalue weighted by atomic mass is 9.73. The fourth-order valence-electron chi connectivity index (χ4n) is 1.29. The second kappa shape index (κ2) is 3.70. The van der Waals surface area contributed by atoms with Gasteiger partial charge in [-0.05, 0) is 12.6 Å². The van der Waals surface area contributed by atoms with Crippen LogP contribution in [0.3, 0.4) is 0 Å². The molecular formula is C6H14BO2P. The Morgan fingerprint density at radius 1 is 1.80 bits per heavy atom. The van der Waals surface area contributed by atoms with E-state index >= 15 is 0 Å². The van der Waals surface area contributed by atoms with Crippen LogP contribution in [0.2, 0.25) is 6.82 Å². The van der Waals surface area contributed by atoms with E-state index in [0.29, 0.717) is 6.00 Å². The van der Waals surface area contributed by atoms with Gasteiger partial charge < -0.3 is 9.84 Å². The SMILES string of the molecule is CB[C@H]1CC(O)[C@@H](CP)O1. The smallest absolute Gasteiger partial charge is 0.154 e. The molecule has 58 valence electrons. The molecule has 0 amide bonds. The summed E-state index contributed by atoms with van der Waals surface area (Å²) in [5.74, 6) is 0. The molecule has 0 spiro atoms. The van der Waals surface area contributed by atoms with Gasteiger partial charge in [0, 0.05) is 6.00 Å². The van der Waals surface area contributed by atoms with Crippen molar-refractivity contribution in [2.24, 2.45) is 0 Å². The Balaban J connectivity index is 2.36. The number of aliphatic hydroxyl groups excluding tert-OH is 1. The molecule has 1 heterocycles. The quantitative estimate of drug-likeness (QED) is 0.448. The number of hydrogen-bond acceptors (Lipinski definition) is 2. The molecule has 0 aromatic rings. The third-order valence-electron chi connectivity index (χ3n) is 1.99. The Bertz CT molecular complexity index is 112. The summed E-state index contributed by atoms with van der Waals surface area (Å²) in [6.07, 6.45) is 1.49. The van der Waals surface area contributed by atoms with Gasteiger partial charge in [-0.15, -0.1) is 9.24 Å². The second-order valence-corrected chi connectivity index (χ2v) is 3.21. The molecule has 0 aromatic carbocycles. The van der Waals surface area contributed by atoms with E-state index in [9.17, 15) is 5.11 Å². The number of aliphatic hydroxyl groups is 1. The van der Waals surface area contributed by atoms with Gasteiger partial charge in [0.1, 0.15) is 0 Å². The van der Waals surface area contributed by atoms with Gasteiger partial charge in [0.25, 0.3) is 0 Å². The highest BCUT2D eigenvalue weighted by Gasteiger charge is 2.31. The number of rotatable bonds is 2. The van der Waals surface area contributed by atoms with E-state index in [1.54, 1.807) is 0 Å². The molecule has 0 radical (unpaired) electrons. The van der Waals surface area contributed by atoms with Crippen LogP contribution in [0.15, 0.2) is 0 Å². The summed E-state index contributed by atoms with van der Waals surface area (Å²) in [6, 6.07) is 0.292. The van der Waals surface area contributed by atoms with E-state index < -0.39 is 0 Å². The lowest BCUT2D eigenvalue weighted by molar-refractivity contribution is 0.0479. The molecule has 1 aliphatic rings. The molecule has 4 atom stereocenters. The van der Waals surface area contributed by atoms with Crippen molar-refractivity contribution >= 4 is 16.5 Å². The van der Waals surface area contributed by atoms with Crippen molar-refractivity contribution in [1.29, 1.82) is 0 Å². The Morgan fingerprint density at radius 2 is 2.50 bits per heavy atom. The molecule has 10 heavy (non-hydrogen) atoms.